The predicted octanol–water partition coefficient (Wildman–Crippen LogP) is 7.59. The SMILES string of the molecule is CCC1=C(C)C2=NC1=Cc1cc(c3cccccc1-3)C=c1[nH]c(c(C)c1CC)=CC1=NC(=C2)C(CC)=C1CC. The van der Waals surface area contributed by atoms with Gasteiger partial charge in [-0.25, -0.2) is 9.98 Å². The van der Waals surface area contributed by atoms with Crippen LogP contribution in [0.3, 0.4) is 0 Å². The first-order valence-corrected chi connectivity index (χ1v) is 14.4. The maximum absolute atomic E-state index is 5.21. The van der Waals surface area contributed by atoms with Crippen LogP contribution in [0.2, 0.25) is 0 Å². The fourth-order valence-corrected chi connectivity index (χ4v) is 6.52. The van der Waals surface area contributed by atoms with Crippen molar-refractivity contribution in [2.24, 2.45) is 9.98 Å². The minimum Gasteiger partial charge on any atom is -0.355 e. The lowest BCUT2D eigenvalue weighted by molar-refractivity contribution is 1.05. The molecule has 0 amide bonds. The number of hydrogen-bond donors (Lipinski definition) is 1. The van der Waals surface area contributed by atoms with Gasteiger partial charge in [-0.05, 0) is 126 Å². The van der Waals surface area contributed by atoms with E-state index in [-0.39, 0.29) is 0 Å². The van der Waals surface area contributed by atoms with Crippen LogP contribution in [0.5, 0.6) is 0 Å². The maximum Gasteiger partial charge on any atom is 0.0694 e. The Kier molecular flexibility index (Phi) is 6.46. The number of H-pyrrole nitrogens is 1. The molecule has 39 heavy (non-hydrogen) atoms. The zero-order chi connectivity index (χ0) is 27.3. The summed E-state index contributed by atoms with van der Waals surface area (Å²) in [4.78, 5) is 14.2. The molecule has 0 spiro atoms. The lowest BCUT2D eigenvalue weighted by atomic mass is 9.97. The van der Waals surface area contributed by atoms with Crippen LogP contribution < -0.4 is 10.7 Å². The molecule has 3 aliphatic heterocycles. The molecule has 6 rings (SSSR count). The zero-order valence-electron chi connectivity index (χ0n) is 24.0. The minimum absolute atomic E-state index is 0.947. The lowest BCUT2D eigenvalue weighted by Gasteiger charge is -2.05. The Bertz CT molecular complexity index is 1790. The fourth-order valence-electron chi connectivity index (χ4n) is 6.52. The Morgan fingerprint density at radius 1 is 0.615 bits per heavy atom. The number of hydrogen-bond acceptors (Lipinski definition) is 2. The third kappa shape index (κ3) is 4.12. The Labute approximate surface area is 231 Å². The molecule has 0 unspecified atom stereocenters. The smallest absolute Gasteiger partial charge is 0.0694 e. The molecule has 0 radical (unpaired) electrons. The molecule has 2 aliphatic carbocycles. The van der Waals surface area contributed by atoms with Gasteiger partial charge in [0.1, 0.15) is 0 Å². The van der Waals surface area contributed by atoms with Crippen molar-refractivity contribution in [1.29, 1.82) is 0 Å². The normalized spacial score (nSPS) is 16.7. The molecule has 0 atom stereocenters. The summed E-state index contributed by atoms with van der Waals surface area (Å²) in [5.74, 6) is 0. The highest BCUT2D eigenvalue weighted by atomic mass is 14.8. The van der Waals surface area contributed by atoms with Crippen molar-refractivity contribution in [3.05, 3.63) is 109 Å². The number of fused-ring (bicyclic) bond motifs is 9. The molecular formula is C36H37N3. The molecule has 3 heteroatoms. The summed E-state index contributed by atoms with van der Waals surface area (Å²) in [5, 5.41) is 2.34. The van der Waals surface area contributed by atoms with Gasteiger partial charge in [0, 0.05) is 10.7 Å². The van der Waals surface area contributed by atoms with Gasteiger partial charge in [0.2, 0.25) is 0 Å². The topological polar surface area (TPSA) is 40.5 Å². The van der Waals surface area contributed by atoms with Crippen LogP contribution in [0.25, 0.3) is 29.4 Å². The third-order valence-corrected chi connectivity index (χ3v) is 8.59. The number of allylic oxidation sites excluding steroid dienone is 5. The van der Waals surface area contributed by atoms with Crippen molar-refractivity contribution in [3.63, 3.8) is 0 Å². The molecule has 0 fully saturated rings. The average molecular weight is 512 g/mol. The first-order valence-electron chi connectivity index (χ1n) is 14.4. The minimum atomic E-state index is 0.947. The molecule has 0 aromatic carbocycles. The van der Waals surface area contributed by atoms with Crippen molar-refractivity contribution in [2.75, 3.05) is 0 Å². The molecule has 3 nitrogen and oxygen atoms in total. The second-order valence-electron chi connectivity index (χ2n) is 10.7. The zero-order valence-corrected chi connectivity index (χ0v) is 24.0. The van der Waals surface area contributed by atoms with Gasteiger partial charge in [0.25, 0.3) is 0 Å². The Balaban J connectivity index is 1.73. The van der Waals surface area contributed by atoms with E-state index in [2.05, 4.69) is 107 Å². The highest BCUT2D eigenvalue weighted by Gasteiger charge is 2.25. The van der Waals surface area contributed by atoms with Gasteiger partial charge in [-0.1, -0.05) is 58.0 Å². The molecule has 4 heterocycles. The van der Waals surface area contributed by atoms with Crippen LogP contribution in [0.15, 0.2) is 86.1 Å². The van der Waals surface area contributed by atoms with E-state index in [1.54, 1.807) is 0 Å². The van der Waals surface area contributed by atoms with E-state index in [1.807, 2.05) is 0 Å². The molecule has 5 aliphatic rings. The quantitative estimate of drug-likeness (QED) is 0.375. The molecular weight excluding hydrogens is 474 g/mol. The average Bonchev–Trinajstić information content (AvgIpc) is 3.54. The second-order valence-corrected chi connectivity index (χ2v) is 10.7. The number of nitrogens with one attached hydrogen (secondary N) is 1. The Morgan fingerprint density at radius 2 is 1.26 bits per heavy atom. The standard InChI is InChI=1S/C36H37N3/c1-7-25-21(5)31-19-35-27(9-3)28(10-4)36(39-35)20-32-22(6)26(8-2)34(38-32)18-24-16-23(17-33(25)37-31)29-14-12-11-13-15-30(24)29/h11-20,37H,7-10H2,1-6H3. The molecule has 0 saturated heterocycles. The van der Waals surface area contributed by atoms with Crippen LogP contribution in [0.4, 0.5) is 0 Å². The molecule has 196 valence electrons. The van der Waals surface area contributed by atoms with Crippen LogP contribution in [0.1, 0.15) is 76.1 Å². The van der Waals surface area contributed by atoms with Gasteiger partial charge in [-0.15, -0.1) is 0 Å². The summed E-state index contributed by atoms with van der Waals surface area (Å²) >= 11 is 0. The highest BCUT2D eigenvalue weighted by Crippen LogP contribution is 2.38. The van der Waals surface area contributed by atoms with Gasteiger partial charge < -0.3 is 4.98 Å². The van der Waals surface area contributed by atoms with E-state index in [9.17, 15) is 0 Å². The van der Waals surface area contributed by atoms with E-state index in [1.165, 1.54) is 61.0 Å². The van der Waals surface area contributed by atoms with Gasteiger partial charge in [0.15, 0.2) is 0 Å². The summed E-state index contributed by atoms with van der Waals surface area (Å²) in [6.45, 7) is 13.4. The first kappa shape index (κ1) is 25.3. The summed E-state index contributed by atoms with van der Waals surface area (Å²) in [5.41, 5.74) is 17.1. The Hall–Kier alpha value is -3.98. The van der Waals surface area contributed by atoms with E-state index in [4.69, 9.17) is 9.98 Å². The largest absolute Gasteiger partial charge is 0.355 e. The summed E-state index contributed by atoms with van der Waals surface area (Å²) in [7, 11) is 0. The predicted molar refractivity (Wildman–Crippen MR) is 167 cm³/mol. The van der Waals surface area contributed by atoms with E-state index in [0.29, 0.717) is 0 Å². The maximum atomic E-state index is 5.21. The summed E-state index contributed by atoms with van der Waals surface area (Å²) in [6.07, 6.45) is 12.9. The number of aromatic amines is 1. The van der Waals surface area contributed by atoms with Gasteiger partial charge in [-0.3, -0.25) is 0 Å². The number of nitrogens with zero attached hydrogens (tertiary/aromatic N) is 2. The van der Waals surface area contributed by atoms with Gasteiger partial charge in [-0.2, -0.15) is 0 Å². The first-order chi connectivity index (χ1) is 19.0. The monoisotopic (exact) mass is 511 g/mol. The van der Waals surface area contributed by atoms with Crippen LogP contribution in [-0.4, -0.2) is 16.4 Å². The van der Waals surface area contributed by atoms with E-state index in [0.717, 1.165) is 53.8 Å². The van der Waals surface area contributed by atoms with Gasteiger partial charge >= 0.3 is 0 Å². The highest BCUT2D eigenvalue weighted by molar-refractivity contribution is 6.24. The van der Waals surface area contributed by atoms with Crippen LogP contribution in [0, 0.1) is 6.92 Å². The number of rotatable bonds is 4. The van der Waals surface area contributed by atoms with Crippen molar-refractivity contribution in [3.8, 4) is 11.1 Å². The van der Waals surface area contributed by atoms with E-state index < -0.39 is 0 Å². The number of aliphatic imine (C=N–C) groups is 2. The summed E-state index contributed by atoms with van der Waals surface area (Å²) < 4.78 is 0. The number of aromatic nitrogens is 1. The van der Waals surface area contributed by atoms with Crippen molar-refractivity contribution >= 4 is 29.7 Å². The molecule has 1 aromatic heterocycles. The van der Waals surface area contributed by atoms with Crippen molar-refractivity contribution < 1.29 is 0 Å². The van der Waals surface area contributed by atoms with E-state index >= 15 is 0 Å². The van der Waals surface area contributed by atoms with Crippen LogP contribution >= 0.6 is 0 Å². The molecule has 0 saturated carbocycles. The summed E-state index contributed by atoms with van der Waals surface area (Å²) in [6, 6.07) is 13.2. The van der Waals surface area contributed by atoms with Gasteiger partial charge in [0.05, 0.1) is 22.8 Å². The lowest BCUT2D eigenvalue weighted by Crippen LogP contribution is -2.14. The Morgan fingerprint density at radius 3 is 1.92 bits per heavy atom. The fraction of sp³-hybridized carbons (Fsp3) is 0.278. The molecule has 1 N–H and O–H groups in total. The molecule has 8 bridgehead atoms. The van der Waals surface area contributed by atoms with Crippen molar-refractivity contribution in [1.82, 2.24) is 4.98 Å². The second kappa shape index (κ2) is 9.96. The molecule has 1 aromatic rings. The van der Waals surface area contributed by atoms with Crippen LogP contribution in [-0.2, 0) is 6.42 Å². The third-order valence-electron chi connectivity index (χ3n) is 8.59. The van der Waals surface area contributed by atoms with Crippen molar-refractivity contribution in [2.45, 2.75) is 67.2 Å².